The van der Waals surface area contributed by atoms with E-state index in [-0.39, 0.29) is 23.4 Å². The van der Waals surface area contributed by atoms with Crippen molar-refractivity contribution in [1.82, 2.24) is 9.97 Å². The number of aromatic amines is 1. The molecular weight excluding hydrogens is 376 g/mol. The third-order valence-corrected chi connectivity index (χ3v) is 5.82. The van der Waals surface area contributed by atoms with Crippen molar-refractivity contribution in [2.45, 2.75) is 39.2 Å². The molecule has 30 heavy (non-hydrogen) atoms. The lowest BCUT2D eigenvalue weighted by Gasteiger charge is -2.20. The average Bonchev–Trinajstić information content (AvgIpc) is 3.12. The zero-order chi connectivity index (χ0) is 21.3. The van der Waals surface area contributed by atoms with E-state index in [0.717, 1.165) is 22.4 Å². The van der Waals surface area contributed by atoms with Crippen molar-refractivity contribution in [2.75, 3.05) is 16.8 Å². The summed E-state index contributed by atoms with van der Waals surface area (Å²) in [4.78, 5) is 34.3. The van der Waals surface area contributed by atoms with Gasteiger partial charge in [-0.3, -0.25) is 14.6 Å². The van der Waals surface area contributed by atoms with Gasteiger partial charge in [0.25, 0.3) is 5.56 Å². The maximum atomic E-state index is 12.8. The molecule has 1 amide bonds. The minimum atomic E-state index is -0.222. The molecule has 1 saturated heterocycles. The number of hydrogen-bond acceptors (Lipinski definition) is 4. The van der Waals surface area contributed by atoms with E-state index in [0.29, 0.717) is 24.6 Å². The molecule has 2 heterocycles. The molecular formula is C24H26N4O2. The Labute approximate surface area is 176 Å². The molecule has 6 heteroatoms. The largest absolute Gasteiger partial charge is 0.349 e. The SMILES string of the molecule is Cc1cccc(N2C[C@H](c3cc(=O)[nH]c(N[C@@H](C)c4ccccc4)n3)CC2=O)c1C. The smallest absolute Gasteiger partial charge is 0.252 e. The Bertz CT molecular complexity index is 1120. The molecule has 0 aliphatic carbocycles. The Hall–Kier alpha value is -3.41. The highest BCUT2D eigenvalue weighted by Crippen LogP contribution is 2.33. The predicted molar refractivity (Wildman–Crippen MR) is 119 cm³/mol. The van der Waals surface area contributed by atoms with Gasteiger partial charge in [-0.15, -0.1) is 0 Å². The average molecular weight is 402 g/mol. The van der Waals surface area contributed by atoms with Gasteiger partial charge in [-0.25, -0.2) is 4.98 Å². The molecule has 0 spiro atoms. The molecule has 1 aliphatic heterocycles. The van der Waals surface area contributed by atoms with Gasteiger partial charge >= 0.3 is 0 Å². The molecule has 1 aliphatic rings. The summed E-state index contributed by atoms with van der Waals surface area (Å²) in [6.45, 7) is 6.61. The van der Waals surface area contributed by atoms with E-state index in [2.05, 4.69) is 15.3 Å². The van der Waals surface area contributed by atoms with E-state index in [4.69, 9.17) is 0 Å². The van der Waals surface area contributed by atoms with Crippen LogP contribution >= 0.6 is 0 Å². The summed E-state index contributed by atoms with van der Waals surface area (Å²) in [5.41, 5.74) is 4.71. The molecule has 1 fully saturated rings. The van der Waals surface area contributed by atoms with Crippen molar-refractivity contribution in [3.63, 3.8) is 0 Å². The lowest BCUT2D eigenvalue weighted by atomic mass is 10.0. The van der Waals surface area contributed by atoms with Gasteiger partial charge in [-0.05, 0) is 43.5 Å². The minimum Gasteiger partial charge on any atom is -0.349 e. The van der Waals surface area contributed by atoms with E-state index in [1.807, 2.05) is 74.2 Å². The molecule has 6 nitrogen and oxygen atoms in total. The maximum Gasteiger partial charge on any atom is 0.252 e. The van der Waals surface area contributed by atoms with Crippen LogP contribution in [0.5, 0.6) is 0 Å². The molecule has 3 aromatic rings. The van der Waals surface area contributed by atoms with Crippen LogP contribution in [-0.2, 0) is 4.79 Å². The fourth-order valence-corrected chi connectivity index (χ4v) is 3.95. The van der Waals surface area contributed by atoms with Crippen molar-refractivity contribution in [2.24, 2.45) is 0 Å². The molecule has 154 valence electrons. The number of nitrogens with one attached hydrogen (secondary N) is 2. The Morgan fingerprint density at radius 1 is 1.10 bits per heavy atom. The van der Waals surface area contributed by atoms with Crippen LogP contribution in [0.3, 0.4) is 0 Å². The zero-order valence-corrected chi connectivity index (χ0v) is 17.5. The first-order valence-corrected chi connectivity index (χ1v) is 10.2. The van der Waals surface area contributed by atoms with E-state index in [1.54, 1.807) is 0 Å². The fraction of sp³-hybridized carbons (Fsp3) is 0.292. The van der Waals surface area contributed by atoms with Crippen LogP contribution in [0.15, 0.2) is 59.4 Å². The highest BCUT2D eigenvalue weighted by Gasteiger charge is 2.33. The lowest BCUT2D eigenvalue weighted by Crippen LogP contribution is -2.25. The second-order valence-corrected chi connectivity index (χ2v) is 7.92. The van der Waals surface area contributed by atoms with Gasteiger partial charge < -0.3 is 10.2 Å². The molecule has 2 aromatic carbocycles. The summed E-state index contributed by atoms with van der Waals surface area (Å²) in [6.07, 6.45) is 0.345. The Kier molecular flexibility index (Phi) is 5.40. The summed E-state index contributed by atoms with van der Waals surface area (Å²) in [5.74, 6) is 0.363. The number of anilines is 2. The number of nitrogens with zero attached hydrogens (tertiary/aromatic N) is 2. The van der Waals surface area contributed by atoms with E-state index >= 15 is 0 Å². The van der Waals surface area contributed by atoms with E-state index in [1.165, 1.54) is 6.07 Å². The van der Waals surface area contributed by atoms with Crippen LogP contribution in [0.1, 0.15) is 47.7 Å². The molecule has 1 aromatic heterocycles. The number of H-pyrrole nitrogens is 1. The Balaban J connectivity index is 1.57. The van der Waals surface area contributed by atoms with Crippen LogP contribution < -0.4 is 15.8 Å². The number of aromatic nitrogens is 2. The van der Waals surface area contributed by atoms with Gasteiger partial charge in [0.1, 0.15) is 0 Å². The van der Waals surface area contributed by atoms with Crippen LogP contribution in [0.25, 0.3) is 0 Å². The molecule has 0 radical (unpaired) electrons. The number of benzene rings is 2. The first-order valence-electron chi connectivity index (χ1n) is 10.2. The molecule has 4 rings (SSSR count). The van der Waals surface area contributed by atoms with Crippen molar-refractivity contribution in [3.05, 3.63) is 87.3 Å². The van der Waals surface area contributed by atoms with Gasteiger partial charge in [0.05, 0.1) is 11.7 Å². The number of carbonyl (C=O) groups is 1. The molecule has 2 N–H and O–H groups in total. The van der Waals surface area contributed by atoms with Crippen molar-refractivity contribution < 1.29 is 4.79 Å². The van der Waals surface area contributed by atoms with Crippen LogP contribution in [0.4, 0.5) is 11.6 Å². The summed E-state index contributed by atoms with van der Waals surface area (Å²) < 4.78 is 0. The monoisotopic (exact) mass is 402 g/mol. The molecule has 2 atom stereocenters. The highest BCUT2D eigenvalue weighted by atomic mass is 16.2. The number of carbonyl (C=O) groups excluding carboxylic acids is 1. The van der Waals surface area contributed by atoms with Crippen molar-refractivity contribution in [1.29, 1.82) is 0 Å². The molecule has 0 bridgehead atoms. The summed E-state index contributed by atoms with van der Waals surface area (Å²) in [7, 11) is 0. The topological polar surface area (TPSA) is 78.1 Å². The Morgan fingerprint density at radius 2 is 1.87 bits per heavy atom. The maximum absolute atomic E-state index is 12.8. The minimum absolute atomic E-state index is 0.0127. The number of amides is 1. The predicted octanol–water partition coefficient (Wildman–Crippen LogP) is 4.08. The molecule has 0 unspecified atom stereocenters. The second-order valence-electron chi connectivity index (χ2n) is 7.92. The van der Waals surface area contributed by atoms with E-state index < -0.39 is 0 Å². The van der Waals surface area contributed by atoms with Crippen molar-refractivity contribution in [3.8, 4) is 0 Å². The van der Waals surface area contributed by atoms with Gasteiger partial charge in [0.15, 0.2) is 0 Å². The van der Waals surface area contributed by atoms with Gasteiger partial charge in [-0.1, -0.05) is 42.5 Å². The summed E-state index contributed by atoms with van der Waals surface area (Å²) in [6, 6.07) is 17.5. The number of rotatable bonds is 5. The lowest BCUT2D eigenvalue weighted by molar-refractivity contribution is -0.117. The van der Waals surface area contributed by atoms with E-state index in [9.17, 15) is 9.59 Å². The van der Waals surface area contributed by atoms with Crippen LogP contribution in [0, 0.1) is 13.8 Å². The first-order chi connectivity index (χ1) is 14.4. The van der Waals surface area contributed by atoms with Gasteiger partial charge in [0, 0.05) is 30.6 Å². The first kappa shape index (κ1) is 19.9. The van der Waals surface area contributed by atoms with Gasteiger partial charge in [-0.2, -0.15) is 0 Å². The van der Waals surface area contributed by atoms with Crippen LogP contribution in [0.2, 0.25) is 0 Å². The quantitative estimate of drug-likeness (QED) is 0.674. The summed E-state index contributed by atoms with van der Waals surface area (Å²) >= 11 is 0. The second kappa shape index (κ2) is 8.14. The normalized spacial score (nSPS) is 17.2. The molecule has 0 saturated carbocycles. The Morgan fingerprint density at radius 3 is 2.63 bits per heavy atom. The summed E-state index contributed by atoms with van der Waals surface area (Å²) in [5, 5.41) is 3.27. The van der Waals surface area contributed by atoms with Crippen molar-refractivity contribution >= 4 is 17.5 Å². The third-order valence-electron chi connectivity index (χ3n) is 5.82. The zero-order valence-electron chi connectivity index (χ0n) is 17.5. The van der Waals surface area contributed by atoms with Gasteiger partial charge in [0.2, 0.25) is 11.9 Å². The third kappa shape index (κ3) is 3.99. The fourth-order valence-electron chi connectivity index (χ4n) is 3.95. The highest BCUT2D eigenvalue weighted by molar-refractivity contribution is 5.97. The number of aryl methyl sites for hydroxylation is 1. The number of hydrogen-bond donors (Lipinski definition) is 2. The van der Waals surface area contributed by atoms with Crippen LogP contribution in [-0.4, -0.2) is 22.4 Å². The standard InChI is InChI=1S/C24H26N4O2/c1-15-8-7-11-21(16(15)2)28-14-19(12-23(28)30)20-13-22(29)27-24(26-20)25-17(3)18-9-5-4-6-10-18/h4-11,13,17,19H,12,14H2,1-3H3,(H2,25,26,27,29)/t17-,19+/m0/s1.